The first-order valence-corrected chi connectivity index (χ1v) is 12.5. The van der Waals surface area contributed by atoms with Gasteiger partial charge < -0.3 is 15.0 Å². The molecule has 0 heterocycles. The van der Waals surface area contributed by atoms with Crippen LogP contribution in [0.2, 0.25) is 0 Å². The first-order chi connectivity index (χ1) is 15.5. The fraction of sp³-hybridized carbons (Fsp3) is 0.417. The van der Waals surface area contributed by atoms with Crippen LogP contribution in [0.4, 0.5) is 5.69 Å². The number of carbonyl (C=O) groups excluding carboxylic acids is 2. The molecule has 8 nitrogen and oxygen atoms in total. The zero-order valence-electron chi connectivity index (χ0n) is 20.0. The van der Waals surface area contributed by atoms with Crippen LogP contribution in [0, 0.1) is 0 Å². The van der Waals surface area contributed by atoms with Crippen LogP contribution >= 0.6 is 0 Å². The van der Waals surface area contributed by atoms with E-state index in [1.165, 1.54) is 11.9 Å². The highest BCUT2D eigenvalue weighted by Crippen LogP contribution is 2.23. The van der Waals surface area contributed by atoms with Crippen LogP contribution in [0.25, 0.3) is 0 Å². The summed E-state index contributed by atoms with van der Waals surface area (Å²) < 4.78 is 31.5. The maximum Gasteiger partial charge on any atom is 0.244 e. The van der Waals surface area contributed by atoms with Crippen LogP contribution in [0.1, 0.15) is 37.8 Å². The maximum atomic E-state index is 13.4. The SMILES string of the molecule is CNC(=O)[C@H](C)N(Cc1cccc(OC)c1)C(=O)CN(c1ccc(C(C)C)cc1)S(C)(=O)=O. The van der Waals surface area contributed by atoms with Gasteiger partial charge in [-0.25, -0.2) is 8.42 Å². The molecule has 0 spiro atoms. The van der Waals surface area contributed by atoms with E-state index in [2.05, 4.69) is 5.32 Å². The molecule has 0 bridgehead atoms. The summed E-state index contributed by atoms with van der Waals surface area (Å²) in [5.74, 6) is 0.0698. The predicted octanol–water partition coefficient (Wildman–Crippen LogP) is 2.75. The van der Waals surface area contributed by atoms with Crippen molar-refractivity contribution in [1.82, 2.24) is 10.2 Å². The van der Waals surface area contributed by atoms with Gasteiger partial charge in [0.15, 0.2) is 0 Å². The Balaban J connectivity index is 2.38. The summed E-state index contributed by atoms with van der Waals surface area (Å²) in [7, 11) is -0.712. The van der Waals surface area contributed by atoms with Crippen LogP contribution in [0.5, 0.6) is 5.75 Å². The molecule has 9 heteroatoms. The van der Waals surface area contributed by atoms with Gasteiger partial charge in [0, 0.05) is 13.6 Å². The molecule has 0 saturated carbocycles. The highest BCUT2D eigenvalue weighted by molar-refractivity contribution is 7.92. The Morgan fingerprint density at radius 2 is 1.70 bits per heavy atom. The molecule has 0 aliphatic rings. The number of sulfonamides is 1. The van der Waals surface area contributed by atoms with Gasteiger partial charge in [-0.2, -0.15) is 0 Å². The molecule has 2 aromatic carbocycles. The third kappa shape index (κ3) is 6.95. The minimum atomic E-state index is -3.75. The van der Waals surface area contributed by atoms with Gasteiger partial charge >= 0.3 is 0 Å². The molecule has 2 aromatic rings. The molecule has 1 N–H and O–H groups in total. The Hall–Kier alpha value is -3.07. The molecule has 180 valence electrons. The zero-order chi connectivity index (χ0) is 24.8. The Bertz CT molecular complexity index is 1070. The molecule has 0 aliphatic carbocycles. The van der Waals surface area contributed by atoms with E-state index in [9.17, 15) is 18.0 Å². The topological polar surface area (TPSA) is 96.0 Å². The lowest BCUT2D eigenvalue weighted by Gasteiger charge is -2.31. The van der Waals surface area contributed by atoms with E-state index in [0.29, 0.717) is 17.4 Å². The van der Waals surface area contributed by atoms with E-state index in [1.807, 2.05) is 32.0 Å². The first kappa shape index (κ1) is 26.2. The molecule has 1 atom stereocenters. The Kier molecular flexibility index (Phi) is 8.87. The van der Waals surface area contributed by atoms with Gasteiger partial charge in [0.2, 0.25) is 21.8 Å². The lowest BCUT2D eigenvalue weighted by Crippen LogP contribution is -2.50. The van der Waals surface area contributed by atoms with E-state index in [0.717, 1.165) is 21.7 Å². The maximum absolute atomic E-state index is 13.4. The molecule has 2 rings (SSSR count). The van der Waals surface area contributed by atoms with Crippen molar-refractivity contribution < 1.29 is 22.7 Å². The first-order valence-electron chi connectivity index (χ1n) is 10.7. The fourth-order valence-electron chi connectivity index (χ4n) is 3.40. The number of anilines is 1. The van der Waals surface area contributed by atoms with Gasteiger partial charge in [0.25, 0.3) is 0 Å². The van der Waals surface area contributed by atoms with Gasteiger partial charge in [-0.1, -0.05) is 38.1 Å². The Labute approximate surface area is 196 Å². The fourth-order valence-corrected chi connectivity index (χ4v) is 4.25. The average molecular weight is 476 g/mol. The molecule has 0 fully saturated rings. The second kappa shape index (κ2) is 11.2. The van der Waals surface area contributed by atoms with Crippen LogP contribution < -0.4 is 14.4 Å². The van der Waals surface area contributed by atoms with E-state index in [4.69, 9.17) is 4.74 Å². The number of rotatable bonds is 10. The number of hydrogen-bond acceptors (Lipinski definition) is 5. The van der Waals surface area contributed by atoms with Gasteiger partial charge in [0.1, 0.15) is 18.3 Å². The summed E-state index contributed by atoms with van der Waals surface area (Å²) >= 11 is 0. The molecule has 33 heavy (non-hydrogen) atoms. The van der Waals surface area contributed by atoms with E-state index in [1.54, 1.807) is 44.4 Å². The van der Waals surface area contributed by atoms with Crippen LogP contribution in [-0.2, 0) is 26.2 Å². The number of likely N-dealkylation sites (N-methyl/N-ethyl adjacent to an activating group) is 1. The van der Waals surface area contributed by atoms with Gasteiger partial charge in [0.05, 0.1) is 19.1 Å². The number of nitrogens with zero attached hydrogens (tertiary/aromatic N) is 2. The van der Waals surface area contributed by atoms with Crippen molar-refractivity contribution in [3.05, 3.63) is 59.7 Å². The summed E-state index contributed by atoms with van der Waals surface area (Å²) in [5, 5.41) is 2.55. The van der Waals surface area contributed by atoms with E-state index < -0.39 is 28.5 Å². The third-order valence-electron chi connectivity index (χ3n) is 5.43. The molecule has 0 aliphatic heterocycles. The minimum absolute atomic E-state index is 0.120. The summed E-state index contributed by atoms with van der Waals surface area (Å²) in [6.45, 7) is 5.39. The van der Waals surface area contributed by atoms with Crippen molar-refractivity contribution in [2.75, 3.05) is 31.3 Å². The zero-order valence-corrected chi connectivity index (χ0v) is 20.8. The summed E-state index contributed by atoms with van der Waals surface area (Å²) in [4.78, 5) is 27.1. The minimum Gasteiger partial charge on any atom is -0.497 e. The monoisotopic (exact) mass is 475 g/mol. The lowest BCUT2D eigenvalue weighted by atomic mass is 10.0. The van der Waals surface area contributed by atoms with Crippen LogP contribution in [0.15, 0.2) is 48.5 Å². The second-order valence-electron chi connectivity index (χ2n) is 8.18. The molecular weight excluding hydrogens is 442 g/mol. The largest absolute Gasteiger partial charge is 0.497 e. The van der Waals surface area contributed by atoms with E-state index in [-0.39, 0.29) is 12.5 Å². The number of methoxy groups -OCH3 is 1. The quantitative estimate of drug-likeness (QED) is 0.570. The molecule has 2 amide bonds. The predicted molar refractivity (Wildman–Crippen MR) is 130 cm³/mol. The van der Waals surface area contributed by atoms with Gasteiger partial charge in [-0.15, -0.1) is 0 Å². The van der Waals surface area contributed by atoms with Crippen molar-refractivity contribution in [1.29, 1.82) is 0 Å². The van der Waals surface area contributed by atoms with Crippen molar-refractivity contribution in [2.45, 2.75) is 39.3 Å². The average Bonchev–Trinajstić information content (AvgIpc) is 2.79. The molecule has 0 aromatic heterocycles. The summed E-state index contributed by atoms with van der Waals surface area (Å²) in [6.07, 6.45) is 1.06. The third-order valence-corrected chi connectivity index (χ3v) is 6.57. The molecule has 0 saturated heterocycles. The highest BCUT2D eigenvalue weighted by atomic mass is 32.2. The number of ether oxygens (including phenoxy) is 1. The molecule has 0 radical (unpaired) electrons. The van der Waals surface area contributed by atoms with Gasteiger partial charge in [-0.05, 0) is 48.2 Å². The van der Waals surface area contributed by atoms with Gasteiger partial charge in [-0.3, -0.25) is 13.9 Å². The van der Waals surface area contributed by atoms with E-state index >= 15 is 0 Å². The van der Waals surface area contributed by atoms with Crippen molar-refractivity contribution in [2.24, 2.45) is 0 Å². The second-order valence-corrected chi connectivity index (χ2v) is 10.1. The summed E-state index contributed by atoms with van der Waals surface area (Å²) in [6, 6.07) is 13.4. The smallest absolute Gasteiger partial charge is 0.244 e. The number of amides is 2. The lowest BCUT2D eigenvalue weighted by molar-refractivity contribution is -0.139. The van der Waals surface area contributed by atoms with Crippen LogP contribution in [-0.4, -0.2) is 58.1 Å². The van der Waals surface area contributed by atoms with Crippen molar-refractivity contribution >= 4 is 27.5 Å². The number of benzene rings is 2. The Morgan fingerprint density at radius 1 is 1.06 bits per heavy atom. The standard InChI is InChI=1S/C24H33N3O5S/c1-17(2)20-10-12-21(13-11-20)27(33(6,30)31)16-23(28)26(18(3)24(29)25-4)15-19-8-7-9-22(14-19)32-5/h7-14,17-18H,15-16H2,1-6H3,(H,25,29)/t18-/m0/s1. The number of carbonyl (C=O) groups is 2. The highest BCUT2D eigenvalue weighted by Gasteiger charge is 2.29. The number of hydrogen-bond donors (Lipinski definition) is 1. The Morgan fingerprint density at radius 3 is 2.21 bits per heavy atom. The van der Waals surface area contributed by atoms with Crippen LogP contribution in [0.3, 0.4) is 0 Å². The molecule has 0 unspecified atom stereocenters. The van der Waals surface area contributed by atoms with Crippen molar-refractivity contribution in [3.63, 3.8) is 0 Å². The molecular formula is C24H33N3O5S. The normalized spacial score (nSPS) is 12.2. The summed E-state index contributed by atoms with van der Waals surface area (Å²) in [5.41, 5.74) is 2.21. The van der Waals surface area contributed by atoms with Crippen molar-refractivity contribution in [3.8, 4) is 5.75 Å². The number of nitrogens with one attached hydrogen (secondary N) is 1.